The van der Waals surface area contributed by atoms with Crippen molar-refractivity contribution in [1.82, 2.24) is 14.6 Å². The first-order valence-electron chi connectivity index (χ1n) is 8.96. The Bertz CT molecular complexity index is 1310. The SMILES string of the molecule is NC(=O)c1c(-c2cccc(NC(=O)c3cccc(C(F)(F)F)c3)c2)nn2cccnc12. The highest BCUT2D eigenvalue weighted by atomic mass is 19.4. The largest absolute Gasteiger partial charge is 0.416 e. The maximum atomic E-state index is 12.9. The number of carbonyl (C=O) groups is 2. The summed E-state index contributed by atoms with van der Waals surface area (Å²) in [5, 5.41) is 6.89. The van der Waals surface area contributed by atoms with E-state index in [4.69, 9.17) is 5.73 Å². The Kier molecular flexibility index (Phi) is 4.90. The van der Waals surface area contributed by atoms with Gasteiger partial charge in [-0.05, 0) is 36.4 Å². The van der Waals surface area contributed by atoms with E-state index >= 15 is 0 Å². The topological polar surface area (TPSA) is 102 Å². The average Bonchev–Trinajstić information content (AvgIpc) is 3.13. The zero-order valence-electron chi connectivity index (χ0n) is 15.7. The summed E-state index contributed by atoms with van der Waals surface area (Å²) >= 11 is 0. The monoisotopic (exact) mass is 425 g/mol. The number of primary amides is 1. The maximum Gasteiger partial charge on any atom is 0.416 e. The third-order valence-corrected chi connectivity index (χ3v) is 4.49. The van der Waals surface area contributed by atoms with E-state index < -0.39 is 23.6 Å². The number of aromatic nitrogens is 3. The molecule has 2 aromatic heterocycles. The molecule has 2 aromatic carbocycles. The number of nitrogens with two attached hydrogens (primary N) is 1. The van der Waals surface area contributed by atoms with Crippen LogP contribution in [0.25, 0.3) is 16.9 Å². The summed E-state index contributed by atoms with van der Waals surface area (Å²) in [4.78, 5) is 28.6. The van der Waals surface area contributed by atoms with Crippen LogP contribution in [0.4, 0.5) is 18.9 Å². The molecule has 2 heterocycles. The molecule has 0 aliphatic rings. The molecule has 0 spiro atoms. The van der Waals surface area contributed by atoms with Gasteiger partial charge in [-0.25, -0.2) is 9.50 Å². The molecule has 2 amide bonds. The van der Waals surface area contributed by atoms with Gasteiger partial charge in [-0.15, -0.1) is 0 Å². The van der Waals surface area contributed by atoms with Crippen LogP contribution in [0, 0.1) is 0 Å². The Balaban J connectivity index is 1.68. The zero-order chi connectivity index (χ0) is 22.2. The van der Waals surface area contributed by atoms with Crippen molar-refractivity contribution < 1.29 is 22.8 Å². The molecule has 0 radical (unpaired) electrons. The molecule has 0 saturated heterocycles. The second-order valence-electron chi connectivity index (χ2n) is 6.59. The Morgan fingerprint density at radius 1 is 1.03 bits per heavy atom. The highest BCUT2D eigenvalue weighted by molar-refractivity contribution is 6.06. The molecule has 31 heavy (non-hydrogen) atoms. The molecule has 3 N–H and O–H groups in total. The fourth-order valence-electron chi connectivity index (χ4n) is 3.10. The van der Waals surface area contributed by atoms with Gasteiger partial charge in [0, 0.05) is 29.2 Å². The van der Waals surface area contributed by atoms with Gasteiger partial charge in [-0.2, -0.15) is 18.3 Å². The molecule has 0 atom stereocenters. The predicted octanol–water partition coefficient (Wildman–Crippen LogP) is 3.77. The number of nitrogens with zero attached hydrogens (tertiary/aromatic N) is 3. The second kappa shape index (κ2) is 7.56. The van der Waals surface area contributed by atoms with Crippen molar-refractivity contribution in [2.75, 3.05) is 5.32 Å². The van der Waals surface area contributed by atoms with Gasteiger partial charge < -0.3 is 11.1 Å². The number of hydrogen-bond acceptors (Lipinski definition) is 4. The lowest BCUT2D eigenvalue weighted by Crippen LogP contribution is -2.14. The number of amides is 2. The van der Waals surface area contributed by atoms with Crippen LogP contribution in [0.5, 0.6) is 0 Å². The minimum absolute atomic E-state index is 0.113. The van der Waals surface area contributed by atoms with Crippen LogP contribution >= 0.6 is 0 Å². The third kappa shape index (κ3) is 3.95. The van der Waals surface area contributed by atoms with Crippen LogP contribution < -0.4 is 11.1 Å². The Labute approximate surface area is 173 Å². The molecule has 0 bridgehead atoms. The number of carbonyl (C=O) groups excluding carboxylic acids is 2. The van der Waals surface area contributed by atoms with E-state index in [1.807, 2.05) is 0 Å². The van der Waals surface area contributed by atoms with Gasteiger partial charge in [-0.1, -0.05) is 18.2 Å². The number of nitrogens with one attached hydrogen (secondary N) is 1. The van der Waals surface area contributed by atoms with Crippen molar-refractivity contribution in [2.24, 2.45) is 5.73 Å². The lowest BCUT2D eigenvalue weighted by molar-refractivity contribution is -0.137. The van der Waals surface area contributed by atoms with Crippen molar-refractivity contribution in [1.29, 1.82) is 0 Å². The van der Waals surface area contributed by atoms with Crippen molar-refractivity contribution in [3.05, 3.63) is 83.7 Å². The molecule has 0 fully saturated rings. The van der Waals surface area contributed by atoms with Gasteiger partial charge in [0.1, 0.15) is 11.3 Å². The summed E-state index contributed by atoms with van der Waals surface area (Å²) in [5.41, 5.74) is 5.89. The molecule has 0 aliphatic heterocycles. The third-order valence-electron chi connectivity index (χ3n) is 4.49. The van der Waals surface area contributed by atoms with Crippen LogP contribution in [0.1, 0.15) is 26.3 Å². The number of alkyl halides is 3. The van der Waals surface area contributed by atoms with E-state index in [9.17, 15) is 22.8 Å². The van der Waals surface area contributed by atoms with Crippen LogP contribution in [-0.4, -0.2) is 26.4 Å². The van der Waals surface area contributed by atoms with E-state index in [0.29, 0.717) is 11.3 Å². The zero-order valence-corrected chi connectivity index (χ0v) is 15.7. The summed E-state index contributed by atoms with van der Waals surface area (Å²) in [6.07, 6.45) is -1.45. The molecule has 0 saturated carbocycles. The average molecular weight is 425 g/mol. The summed E-state index contributed by atoms with van der Waals surface area (Å²) in [6, 6.07) is 12.1. The molecule has 10 heteroatoms. The molecule has 0 aliphatic carbocycles. The van der Waals surface area contributed by atoms with E-state index in [2.05, 4.69) is 15.4 Å². The van der Waals surface area contributed by atoms with Crippen molar-refractivity contribution >= 4 is 23.1 Å². The lowest BCUT2D eigenvalue weighted by Gasteiger charge is -2.10. The normalized spacial score (nSPS) is 11.5. The predicted molar refractivity (Wildman–Crippen MR) is 106 cm³/mol. The first-order valence-corrected chi connectivity index (χ1v) is 8.96. The van der Waals surface area contributed by atoms with Gasteiger partial charge in [-0.3, -0.25) is 9.59 Å². The van der Waals surface area contributed by atoms with E-state index in [-0.39, 0.29) is 22.5 Å². The minimum atomic E-state index is -4.56. The lowest BCUT2D eigenvalue weighted by atomic mass is 10.1. The Morgan fingerprint density at radius 3 is 2.55 bits per heavy atom. The Morgan fingerprint density at radius 2 is 1.81 bits per heavy atom. The first kappa shape index (κ1) is 20.1. The number of hydrogen-bond donors (Lipinski definition) is 2. The molecule has 7 nitrogen and oxygen atoms in total. The highest BCUT2D eigenvalue weighted by Crippen LogP contribution is 2.30. The highest BCUT2D eigenvalue weighted by Gasteiger charge is 2.31. The Hall–Kier alpha value is -4.21. The van der Waals surface area contributed by atoms with Gasteiger partial charge in [0.15, 0.2) is 5.65 Å². The smallest absolute Gasteiger partial charge is 0.365 e. The molecule has 4 rings (SSSR count). The quantitative estimate of drug-likeness (QED) is 0.520. The maximum absolute atomic E-state index is 12.9. The number of rotatable bonds is 4. The van der Waals surface area contributed by atoms with Crippen molar-refractivity contribution in [3.8, 4) is 11.3 Å². The molecule has 4 aromatic rings. The summed E-state index contributed by atoms with van der Waals surface area (Å²) < 4.78 is 40.1. The van der Waals surface area contributed by atoms with Crippen molar-refractivity contribution in [2.45, 2.75) is 6.18 Å². The number of halogens is 3. The molecule has 156 valence electrons. The standard InChI is InChI=1S/C21H14F3N5O2/c22-21(23,24)14-6-1-5-13(10-14)20(31)27-15-7-2-4-12(11-15)17-16(18(25)30)19-26-8-3-9-29(19)28-17/h1-11H,(H2,25,30)(H,27,31). The first-order chi connectivity index (χ1) is 14.7. The summed E-state index contributed by atoms with van der Waals surface area (Å²) in [7, 11) is 0. The number of anilines is 1. The summed E-state index contributed by atoms with van der Waals surface area (Å²) in [5.74, 6) is -1.43. The minimum Gasteiger partial charge on any atom is -0.365 e. The molecular weight excluding hydrogens is 411 g/mol. The van der Waals surface area contributed by atoms with Crippen LogP contribution in [0.15, 0.2) is 67.0 Å². The molecular formula is C21H14F3N5O2. The fourth-order valence-corrected chi connectivity index (χ4v) is 3.10. The van der Waals surface area contributed by atoms with Gasteiger partial charge in [0.05, 0.1) is 5.56 Å². The van der Waals surface area contributed by atoms with Crippen LogP contribution in [0.2, 0.25) is 0 Å². The van der Waals surface area contributed by atoms with E-state index in [1.54, 1.807) is 36.5 Å². The van der Waals surface area contributed by atoms with Crippen molar-refractivity contribution in [3.63, 3.8) is 0 Å². The van der Waals surface area contributed by atoms with Gasteiger partial charge in [0.2, 0.25) is 0 Å². The second-order valence-corrected chi connectivity index (χ2v) is 6.59. The molecule has 0 unspecified atom stereocenters. The van der Waals surface area contributed by atoms with Gasteiger partial charge in [0.25, 0.3) is 11.8 Å². The summed E-state index contributed by atoms with van der Waals surface area (Å²) in [6.45, 7) is 0. The number of fused-ring (bicyclic) bond motifs is 1. The van der Waals surface area contributed by atoms with Crippen LogP contribution in [-0.2, 0) is 6.18 Å². The van der Waals surface area contributed by atoms with Gasteiger partial charge >= 0.3 is 6.18 Å². The van der Waals surface area contributed by atoms with E-state index in [1.165, 1.54) is 16.8 Å². The fraction of sp³-hybridized carbons (Fsp3) is 0.0476. The number of benzene rings is 2. The van der Waals surface area contributed by atoms with Crippen LogP contribution in [0.3, 0.4) is 0 Å². The van der Waals surface area contributed by atoms with E-state index in [0.717, 1.165) is 18.2 Å².